The Morgan fingerprint density at radius 3 is 2.64 bits per heavy atom. The van der Waals surface area contributed by atoms with E-state index in [9.17, 15) is 9.59 Å². The molecule has 0 atom stereocenters. The van der Waals surface area contributed by atoms with E-state index in [1.165, 1.54) is 11.1 Å². The zero-order valence-corrected chi connectivity index (χ0v) is 17.6. The Kier molecular flexibility index (Phi) is 6.76. The van der Waals surface area contributed by atoms with E-state index in [-0.39, 0.29) is 17.2 Å². The minimum Gasteiger partial charge on any atom is -0.385 e. The van der Waals surface area contributed by atoms with Crippen LogP contribution in [0.3, 0.4) is 0 Å². The highest BCUT2D eigenvalue weighted by Gasteiger charge is 2.41. The van der Waals surface area contributed by atoms with Crippen molar-refractivity contribution in [3.8, 4) is 0 Å². The highest BCUT2D eigenvalue weighted by Crippen LogP contribution is 2.40. The zero-order chi connectivity index (χ0) is 20.1. The van der Waals surface area contributed by atoms with E-state index >= 15 is 0 Å². The third-order valence-electron chi connectivity index (χ3n) is 6.55. The summed E-state index contributed by atoms with van der Waals surface area (Å²) in [7, 11) is 1.70. The normalized spacial score (nSPS) is 19.3. The molecule has 0 radical (unpaired) electrons. The van der Waals surface area contributed by atoms with Crippen LogP contribution in [0.4, 0.5) is 0 Å². The molecule has 1 aromatic carbocycles. The van der Waals surface area contributed by atoms with Crippen LogP contribution in [0.2, 0.25) is 0 Å². The highest BCUT2D eigenvalue weighted by atomic mass is 16.5. The number of likely N-dealkylation sites (tertiary alicyclic amines) is 2. The van der Waals surface area contributed by atoms with E-state index in [4.69, 9.17) is 4.74 Å². The monoisotopic (exact) mass is 386 g/mol. The highest BCUT2D eigenvalue weighted by molar-refractivity contribution is 5.79. The molecule has 0 saturated carbocycles. The lowest BCUT2D eigenvalue weighted by Gasteiger charge is -2.47. The number of nitrogens with zero attached hydrogens (tertiary/aromatic N) is 2. The zero-order valence-electron chi connectivity index (χ0n) is 17.6. The van der Waals surface area contributed by atoms with Gasteiger partial charge in [-0.25, -0.2) is 0 Å². The molecular formula is C23H34N2O3. The molecule has 2 heterocycles. The van der Waals surface area contributed by atoms with Gasteiger partial charge in [0.1, 0.15) is 0 Å². The second-order valence-corrected chi connectivity index (χ2v) is 8.65. The molecule has 3 rings (SSSR count). The first-order valence-corrected chi connectivity index (χ1v) is 10.5. The molecule has 5 nitrogen and oxygen atoms in total. The van der Waals surface area contributed by atoms with Crippen LogP contribution in [-0.2, 0) is 20.7 Å². The van der Waals surface area contributed by atoms with Gasteiger partial charge in [-0.15, -0.1) is 0 Å². The third-order valence-corrected chi connectivity index (χ3v) is 6.55. The predicted molar refractivity (Wildman–Crippen MR) is 110 cm³/mol. The minimum absolute atomic E-state index is 0.191. The van der Waals surface area contributed by atoms with Gasteiger partial charge < -0.3 is 14.5 Å². The molecule has 2 aliphatic heterocycles. The number of methoxy groups -OCH3 is 1. The number of aryl methyl sites for hydroxylation is 2. The van der Waals surface area contributed by atoms with Crippen molar-refractivity contribution in [2.24, 2.45) is 5.41 Å². The number of rotatable bonds is 6. The molecule has 2 aliphatic rings. The van der Waals surface area contributed by atoms with Gasteiger partial charge in [0.25, 0.3) is 0 Å². The molecule has 0 bridgehead atoms. The van der Waals surface area contributed by atoms with Crippen LogP contribution in [0.15, 0.2) is 18.2 Å². The van der Waals surface area contributed by atoms with E-state index in [2.05, 4.69) is 32.0 Å². The molecule has 0 aliphatic carbocycles. The Hall–Kier alpha value is -1.88. The van der Waals surface area contributed by atoms with E-state index in [0.717, 1.165) is 57.4 Å². The first-order valence-electron chi connectivity index (χ1n) is 10.5. The van der Waals surface area contributed by atoms with Crippen LogP contribution in [0.25, 0.3) is 0 Å². The maximum atomic E-state index is 12.8. The third kappa shape index (κ3) is 4.93. The number of benzene rings is 1. The average molecular weight is 387 g/mol. The van der Waals surface area contributed by atoms with Crippen molar-refractivity contribution >= 4 is 11.8 Å². The number of ether oxygens (including phenoxy) is 1. The maximum Gasteiger partial charge on any atom is 0.227 e. The van der Waals surface area contributed by atoms with Gasteiger partial charge in [-0.3, -0.25) is 9.59 Å². The molecule has 2 fully saturated rings. The van der Waals surface area contributed by atoms with Gasteiger partial charge in [-0.1, -0.05) is 23.8 Å². The summed E-state index contributed by atoms with van der Waals surface area (Å²) in [4.78, 5) is 29.2. The number of amides is 2. The molecule has 5 heteroatoms. The number of carbonyl (C=O) groups is 2. The summed E-state index contributed by atoms with van der Waals surface area (Å²) in [5.41, 5.74) is 3.71. The van der Waals surface area contributed by atoms with Gasteiger partial charge in [-0.05, 0) is 56.1 Å². The van der Waals surface area contributed by atoms with Crippen molar-refractivity contribution in [2.45, 2.75) is 52.4 Å². The van der Waals surface area contributed by atoms with Gasteiger partial charge in [0, 0.05) is 46.3 Å². The Balaban J connectivity index is 1.55. The van der Waals surface area contributed by atoms with Gasteiger partial charge >= 0.3 is 0 Å². The number of carbonyl (C=O) groups excluding carboxylic acids is 2. The molecule has 28 heavy (non-hydrogen) atoms. The summed E-state index contributed by atoms with van der Waals surface area (Å²) in [6.07, 6.45) is 4.98. The maximum absolute atomic E-state index is 12.8. The van der Waals surface area contributed by atoms with Gasteiger partial charge in [-0.2, -0.15) is 0 Å². The first-order chi connectivity index (χ1) is 13.4. The Bertz CT molecular complexity index is 708. The predicted octanol–water partition coefficient (Wildman–Crippen LogP) is 3.11. The van der Waals surface area contributed by atoms with E-state index in [0.29, 0.717) is 19.4 Å². The van der Waals surface area contributed by atoms with Crippen LogP contribution in [0, 0.1) is 19.3 Å². The van der Waals surface area contributed by atoms with Crippen LogP contribution < -0.4 is 0 Å². The van der Waals surface area contributed by atoms with Crippen molar-refractivity contribution < 1.29 is 14.3 Å². The quantitative estimate of drug-likeness (QED) is 0.706. The summed E-state index contributed by atoms with van der Waals surface area (Å²) in [5.74, 6) is 0.502. The Morgan fingerprint density at radius 1 is 1.18 bits per heavy atom. The van der Waals surface area contributed by atoms with Crippen LogP contribution >= 0.6 is 0 Å². The SMILES string of the molecule is COCCCN1CC2(CCC1=O)CCN(C(=O)Cc1cc(C)ccc1C)CC2. The summed E-state index contributed by atoms with van der Waals surface area (Å²) in [5, 5.41) is 0. The molecule has 1 aromatic rings. The fourth-order valence-corrected chi connectivity index (χ4v) is 4.61. The largest absolute Gasteiger partial charge is 0.385 e. The number of hydrogen-bond donors (Lipinski definition) is 0. The molecule has 0 aromatic heterocycles. The fraction of sp³-hybridized carbons (Fsp3) is 0.652. The standard InChI is InChI=1S/C23H34N2O3/c1-18-5-6-19(2)20(15-18)16-22(27)24-12-9-23(10-13-24)8-7-21(26)25(17-23)11-4-14-28-3/h5-6,15H,4,7-14,16-17H2,1-3H3. The molecule has 0 unspecified atom stereocenters. The smallest absolute Gasteiger partial charge is 0.227 e. The lowest BCUT2D eigenvalue weighted by molar-refractivity contribution is -0.142. The van der Waals surface area contributed by atoms with Gasteiger partial charge in [0.15, 0.2) is 0 Å². The van der Waals surface area contributed by atoms with Gasteiger partial charge in [0.2, 0.25) is 11.8 Å². The summed E-state index contributed by atoms with van der Waals surface area (Å²) in [6.45, 7) is 8.08. The van der Waals surface area contributed by atoms with Crippen LogP contribution in [-0.4, -0.2) is 61.5 Å². The lowest BCUT2D eigenvalue weighted by Crippen LogP contribution is -2.52. The fourth-order valence-electron chi connectivity index (χ4n) is 4.61. The molecule has 2 saturated heterocycles. The second-order valence-electron chi connectivity index (χ2n) is 8.65. The van der Waals surface area contributed by atoms with Crippen LogP contribution in [0.1, 0.15) is 48.8 Å². The van der Waals surface area contributed by atoms with Gasteiger partial charge in [0.05, 0.1) is 6.42 Å². The molecule has 1 spiro atoms. The van der Waals surface area contributed by atoms with Crippen LogP contribution in [0.5, 0.6) is 0 Å². The average Bonchev–Trinajstić information content (AvgIpc) is 2.68. The Labute approximate surface area is 169 Å². The van der Waals surface area contributed by atoms with E-state index in [1.54, 1.807) is 7.11 Å². The molecule has 0 N–H and O–H groups in total. The van der Waals surface area contributed by atoms with Crippen molar-refractivity contribution in [2.75, 3.05) is 39.9 Å². The van der Waals surface area contributed by atoms with Crippen molar-refractivity contribution in [1.82, 2.24) is 9.80 Å². The minimum atomic E-state index is 0.191. The molecular weight excluding hydrogens is 352 g/mol. The van der Waals surface area contributed by atoms with E-state index < -0.39 is 0 Å². The Morgan fingerprint density at radius 2 is 1.93 bits per heavy atom. The summed E-state index contributed by atoms with van der Waals surface area (Å²) in [6, 6.07) is 6.32. The molecule has 2 amide bonds. The number of piperidine rings is 2. The summed E-state index contributed by atoms with van der Waals surface area (Å²) < 4.78 is 5.13. The first kappa shape index (κ1) is 20.8. The number of hydrogen-bond acceptors (Lipinski definition) is 3. The summed E-state index contributed by atoms with van der Waals surface area (Å²) >= 11 is 0. The molecule has 154 valence electrons. The van der Waals surface area contributed by atoms with Crippen molar-refractivity contribution in [3.05, 3.63) is 34.9 Å². The van der Waals surface area contributed by atoms with E-state index in [1.807, 2.05) is 9.80 Å². The van der Waals surface area contributed by atoms with Crippen molar-refractivity contribution in [3.63, 3.8) is 0 Å². The lowest BCUT2D eigenvalue weighted by atomic mass is 9.72. The second kappa shape index (κ2) is 9.08. The topological polar surface area (TPSA) is 49.9 Å². The van der Waals surface area contributed by atoms with Crippen molar-refractivity contribution in [1.29, 1.82) is 0 Å².